The average molecular weight is 308 g/mol. The normalized spacial score (nSPS) is 26.4. The maximum absolute atomic E-state index is 12.8. The second-order valence-electron chi connectivity index (χ2n) is 5.56. The van der Waals surface area contributed by atoms with E-state index < -0.39 is 11.2 Å². The molecule has 2 aliphatic heterocycles. The van der Waals surface area contributed by atoms with Gasteiger partial charge in [0.2, 0.25) is 0 Å². The number of hydrogen-bond donors (Lipinski definition) is 0. The molecular formula is C14H16N2O6. The molecule has 1 aromatic heterocycles. The lowest BCUT2D eigenvalue weighted by atomic mass is 10.1. The number of aromatic nitrogens is 1. The average Bonchev–Trinajstić information content (AvgIpc) is 2.77. The first-order chi connectivity index (χ1) is 10.4. The highest BCUT2D eigenvalue weighted by Crippen LogP contribution is 2.37. The Labute approximate surface area is 126 Å². The first-order valence-corrected chi connectivity index (χ1v) is 6.82. The molecule has 1 aromatic rings. The smallest absolute Gasteiger partial charge is 0.298 e. The van der Waals surface area contributed by atoms with Crippen LogP contribution in [0.5, 0.6) is 11.5 Å². The molecule has 1 saturated heterocycles. The SMILES string of the molecule is COc1c2n(cc(OC=O)c1=O)C[C@@]1(C)OC[C@H](C)N1C2=O. The van der Waals surface area contributed by atoms with Crippen molar-refractivity contribution >= 4 is 12.4 Å². The van der Waals surface area contributed by atoms with E-state index in [1.54, 1.807) is 4.90 Å². The van der Waals surface area contributed by atoms with Crippen LogP contribution in [0.15, 0.2) is 11.0 Å². The highest BCUT2D eigenvalue weighted by molar-refractivity contribution is 5.97. The van der Waals surface area contributed by atoms with Crippen molar-refractivity contribution in [2.75, 3.05) is 13.7 Å². The van der Waals surface area contributed by atoms with E-state index in [9.17, 15) is 14.4 Å². The van der Waals surface area contributed by atoms with E-state index in [1.807, 2.05) is 13.8 Å². The number of pyridine rings is 1. The van der Waals surface area contributed by atoms with Crippen LogP contribution in [0.3, 0.4) is 0 Å². The van der Waals surface area contributed by atoms with E-state index in [0.717, 1.165) is 0 Å². The number of carbonyl (C=O) groups is 2. The number of fused-ring (bicyclic) bond motifs is 2. The third-order valence-corrected chi connectivity index (χ3v) is 4.06. The highest BCUT2D eigenvalue weighted by atomic mass is 16.5. The van der Waals surface area contributed by atoms with Gasteiger partial charge in [-0.05, 0) is 13.8 Å². The molecule has 8 nitrogen and oxygen atoms in total. The summed E-state index contributed by atoms with van der Waals surface area (Å²) in [5, 5.41) is 0. The van der Waals surface area contributed by atoms with Gasteiger partial charge in [-0.15, -0.1) is 0 Å². The quantitative estimate of drug-likeness (QED) is 0.730. The molecule has 2 aliphatic rings. The van der Waals surface area contributed by atoms with Gasteiger partial charge in [-0.25, -0.2) is 0 Å². The summed E-state index contributed by atoms with van der Waals surface area (Å²) < 4.78 is 17.1. The Morgan fingerprint density at radius 3 is 2.82 bits per heavy atom. The summed E-state index contributed by atoms with van der Waals surface area (Å²) >= 11 is 0. The van der Waals surface area contributed by atoms with Crippen LogP contribution in [-0.2, 0) is 16.1 Å². The minimum absolute atomic E-state index is 0.100. The maximum Gasteiger partial charge on any atom is 0.298 e. The number of carbonyl (C=O) groups excluding carboxylic acids is 2. The number of methoxy groups -OCH3 is 1. The monoisotopic (exact) mass is 308 g/mol. The van der Waals surface area contributed by atoms with Crippen LogP contribution in [0, 0.1) is 0 Å². The van der Waals surface area contributed by atoms with Gasteiger partial charge in [0, 0.05) is 0 Å². The van der Waals surface area contributed by atoms with Crippen LogP contribution in [0.4, 0.5) is 0 Å². The Balaban J connectivity index is 2.23. The van der Waals surface area contributed by atoms with Crippen molar-refractivity contribution < 1.29 is 23.8 Å². The van der Waals surface area contributed by atoms with E-state index in [1.165, 1.54) is 17.9 Å². The van der Waals surface area contributed by atoms with Crippen molar-refractivity contribution in [3.05, 3.63) is 22.1 Å². The standard InChI is InChI=1S/C14H16N2O6/c1-8-5-22-14(2)6-15-4-9(21-7-17)11(18)12(20-3)10(15)13(19)16(8)14/h4,7-8H,5-6H2,1-3H3/t8-,14+/m0/s1. The largest absolute Gasteiger partial charge is 0.490 e. The van der Waals surface area contributed by atoms with Gasteiger partial charge in [-0.2, -0.15) is 0 Å². The number of hydrogen-bond acceptors (Lipinski definition) is 6. The molecule has 0 spiro atoms. The number of ether oxygens (including phenoxy) is 3. The Kier molecular flexibility index (Phi) is 3.21. The molecule has 2 atom stereocenters. The van der Waals surface area contributed by atoms with Crippen molar-refractivity contribution in [2.24, 2.45) is 0 Å². The minimum Gasteiger partial charge on any atom is -0.490 e. The summed E-state index contributed by atoms with van der Waals surface area (Å²) in [5.41, 5.74) is -1.30. The lowest BCUT2D eigenvalue weighted by molar-refractivity contribution is -0.120. The first-order valence-electron chi connectivity index (χ1n) is 6.82. The van der Waals surface area contributed by atoms with Gasteiger partial charge >= 0.3 is 0 Å². The molecule has 0 bridgehead atoms. The number of amides is 1. The van der Waals surface area contributed by atoms with Crippen molar-refractivity contribution in [3.63, 3.8) is 0 Å². The summed E-state index contributed by atoms with van der Waals surface area (Å²) in [6.45, 7) is 4.58. The van der Waals surface area contributed by atoms with Gasteiger partial charge in [-0.1, -0.05) is 0 Å². The van der Waals surface area contributed by atoms with Gasteiger partial charge in [0.15, 0.2) is 22.9 Å². The van der Waals surface area contributed by atoms with Gasteiger partial charge in [0.1, 0.15) is 0 Å². The van der Waals surface area contributed by atoms with Crippen molar-refractivity contribution in [1.29, 1.82) is 0 Å². The fourth-order valence-electron chi connectivity index (χ4n) is 3.16. The third kappa shape index (κ3) is 1.83. The van der Waals surface area contributed by atoms with Crippen LogP contribution in [-0.4, -0.2) is 47.3 Å². The molecule has 0 radical (unpaired) electrons. The molecule has 22 heavy (non-hydrogen) atoms. The van der Waals surface area contributed by atoms with Crippen LogP contribution in [0.1, 0.15) is 24.3 Å². The zero-order valence-corrected chi connectivity index (χ0v) is 12.5. The summed E-state index contributed by atoms with van der Waals surface area (Å²) in [6.07, 6.45) is 1.33. The predicted molar refractivity (Wildman–Crippen MR) is 73.9 cm³/mol. The molecule has 1 fully saturated rings. The van der Waals surface area contributed by atoms with E-state index in [-0.39, 0.29) is 35.6 Å². The fraction of sp³-hybridized carbons (Fsp3) is 0.500. The summed E-state index contributed by atoms with van der Waals surface area (Å²) in [6, 6.07) is -0.100. The lowest BCUT2D eigenvalue weighted by Gasteiger charge is -2.41. The zero-order valence-electron chi connectivity index (χ0n) is 12.5. The maximum atomic E-state index is 12.8. The topological polar surface area (TPSA) is 87.1 Å². The fourth-order valence-corrected chi connectivity index (χ4v) is 3.16. The number of rotatable bonds is 3. The number of nitrogens with zero attached hydrogens (tertiary/aromatic N) is 2. The van der Waals surface area contributed by atoms with Gasteiger partial charge in [0.25, 0.3) is 17.8 Å². The van der Waals surface area contributed by atoms with E-state index >= 15 is 0 Å². The van der Waals surface area contributed by atoms with Crippen LogP contribution >= 0.6 is 0 Å². The van der Waals surface area contributed by atoms with Gasteiger partial charge in [-0.3, -0.25) is 14.4 Å². The second-order valence-corrected chi connectivity index (χ2v) is 5.56. The van der Waals surface area contributed by atoms with Crippen molar-refractivity contribution in [3.8, 4) is 11.5 Å². The molecule has 3 rings (SSSR count). The predicted octanol–water partition coefficient (Wildman–Crippen LogP) is -0.0172. The molecular weight excluding hydrogens is 292 g/mol. The van der Waals surface area contributed by atoms with Gasteiger partial charge in [0.05, 0.1) is 32.5 Å². The summed E-state index contributed by atoms with van der Waals surface area (Å²) in [4.78, 5) is 37.2. The Morgan fingerprint density at radius 2 is 2.18 bits per heavy atom. The summed E-state index contributed by atoms with van der Waals surface area (Å²) in [5.74, 6) is -0.664. The molecule has 0 aromatic carbocycles. The molecule has 0 aliphatic carbocycles. The molecule has 1 amide bonds. The van der Waals surface area contributed by atoms with E-state index in [2.05, 4.69) is 4.74 Å². The molecule has 3 heterocycles. The first kappa shape index (κ1) is 14.6. The van der Waals surface area contributed by atoms with Crippen LogP contribution < -0.4 is 14.9 Å². The molecule has 118 valence electrons. The molecule has 0 unspecified atom stereocenters. The van der Waals surface area contributed by atoms with Crippen LogP contribution in [0.25, 0.3) is 0 Å². The minimum atomic E-state index is -0.804. The molecule has 0 N–H and O–H groups in total. The zero-order chi connectivity index (χ0) is 16.1. The summed E-state index contributed by atoms with van der Waals surface area (Å²) in [7, 11) is 1.30. The van der Waals surface area contributed by atoms with Crippen LogP contribution in [0.2, 0.25) is 0 Å². The molecule has 0 saturated carbocycles. The Bertz CT molecular complexity index is 712. The van der Waals surface area contributed by atoms with E-state index in [0.29, 0.717) is 13.2 Å². The van der Waals surface area contributed by atoms with Gasteiger partial charge < -0.3 is 23.7 Å². The Morgan fingerprint density at radius 1 is 1.45 bits per heavy atom. The second kappa shape index (κ2) is 4.84. The lowest BCUT2D eigenvalue weighted by Crippen LogP contribution is -2.56. The van der Waals surface area contributed by atoms with Crippen molar-refractivity contribution in [2.45, 2.75) is 32.2 Å². The molecule has 8 heteroatoms. The van der Waals surface area contributed by atoms with E-state index in [4.69, 9.17) is 9.47 Å². The Hall–Kier alpha value is -2.35. The van der Waals surface area contributed by atoms with Crippen molar-refractivity contribution in [1.82, 2.24) is 9.47 Å². The third-order valence-electron chi connectivity index (χ3n) is 4.06. The highest BCUT2D eigenvalue weighted by Gasteiger charge is 2.50.